The number of piperidine rings is 1. The van der Waals surface area contributed by atoms with Crippen LogP contribution in [0.25, 0.3) is 0 Å². The third-order valence-corrected chi connectivity index (χ3v) is 5.31. The van der Waals surface area contributed by atoms with Crippen molar-refractivity contribution in [1.82, 2.24) is 9.80 Å². The van der Waals surface area contributed by atoms with Crippen molar-refractivity contribution in [1.29, 1.82) is 0 Å². The Morgan fingerprint density at radius 3 is 2.57 bits per heavy atom. The van der Waals surface area contributed by atoms with E-state index in [1.54, 1.807) is 0 Å². The van der Waals surface area contributed by atoms with Gasteiger partial charge in [-0.2, -0.15) is 0 Å². The van der Waals surface area contributed by atoms with E-state index in [1.807, 2.05) is 41.0 Å². The minimum absolute atomic E-state index is 0.0206. The second kappa shape index (κ2) is 6.34. The Bertz CT molecular complexity index is 611. The van der Waals surface area contributed by atoms with Gasteiger partial charge >= 0.3 is 0 Å². The second-order valence-electron chi connectivity index (χ2n) is 6.80. The Morgan fingerprint density at radius 1 is 1.17 bits per heavy atom. The predicted octanol–water partition coefficient (Wildman–Crippen LogP) is 3.00. The maximum atomic E-state index is 13.1. The normalized spacial score (nSPS) is 24.5. The number of benzene rings is 1. The molecule has 1 aromatic carbocycles. The van der Waals surface area contributed by atoms with Gasteiger partial charge in [0.05, 0.1) is 0 Å². The third kappa shape index (κ3) is 2.64. The molecule has 1 aromatic rings. The number of carbonyl (C=O) groups excluding carboxylic acids is 2. The molecule has 0 saturated carbocycles. The van der Waals surface area contributed by atoms with Crippen LogP contribution in [0.3, 0.4) is 0 Å². The minimum Gasteiger partial charge on any atom is -0.341 e. The molecule has 2 aliphatic rings. The van der Waals surface area contributed by atoms with Crippen LogP contribution in [0.15, 0.2) is 24.3 Å². The van der Waals surface area contributed by atoms with E-state index >= 15 is 0 Å². The van der Waals surface area contributed by atoms with E-state index in [-0.39, 0.29) is 11.8 Å². The van der Waals surface area contributed by atoms with Gasteiger partial charge in [-0.1, -0.05) is 25.1 Å². The first-order valence-corrected chi connectivity index (χ1v) is 8.77. The maximum absolute atomic E-state index is 13.1. The van der Waals surface area contributed by atoms with E-state index in [4.69, 9.17) is 0 Å². The monoisotopic (exact) mass is 314 g/mol. The molecule has 0 bridgehead atoms. The summed E-state index contributed by atoms with van der Waals surface area (Å²) in [5.74, 6) is 0.192. The molecule has 1 unspecified atom stereocenters. The lowest BCUT2D eigenvalue weighted by Crippen LogP contribution is -2.61. The van der Waals surface area contributed by atoms with E-state index in [1.165, 1.54) is 0 Å². The fourth-order valence-corrected chi connectivity index (χ4v) is 4.16. The predicted molar refractivity (Wildman–Crippen MR) is 90.3 cm³/mol. The van der Waals surface area contributed by atoms with Gasteiger partial charge in [0.15, 0.2) is 0 Å². The van der Waals surface area contributed by atoms with Gasteiger partial charge in [0.1, 0.15) is 5.54 Å². The summed E-state index contributed by atoms with van der Waals surface area (Å²) in [5, 5.41) is 0. The van der Waals surface area contributed by atoms with E-state index in [9.17, 15) is 9.59 Å². The second-order valence-corrected chi connectivity index (χ2v) is 6.80. The highest BCUT2D eigenvalue weighted by Gasteiger charge is 2.52. The van der Waals surface area contributed by atoms with Crippen molar-refractivity contribution in [3.63, 3.8) is 0 Å². The number of likely N-dealkylation sites (tertiary alicyclic amines) is 2. The summed E-state index contributed by atoms with van der Waals surface area (Å²) >= 11 is 0. The zero-order valence-electron chi connectivity index (χ0n) is 14.2. The van der Waals surface area contributed by atoms with E-state index < -0.39 is 5.54 Å². The Labute approximate surface area is 138 Å². The molecular weight excluding hydrogens is 288 g/mol. The van der Waals surface area contributed by atoms with E-state index in [0.717, 1.165) is 56.3 Å². The average Bonchev–Trinajstić information content (AvgIpc) is 2.96. The zero-order chi connectivity index (χ0) is 16.4. The van der Waals surface area contributed by atoms with Gasteiger partial charge in [0, 0.05) is 25.2 Å². The molecule has 0 radical (unpaired) electrons. The fourth-order valence-electron chi connectivity index (χ4n) is 4.16. The largest absolute Gasteiger partial charge is 0.341 e. The summed E-state index contributed by atoms with van der Waals surface area (Å²) in [6.07, 6.45) is 4.49. The third-order valence-electron chi connectivity index (χ3n) is 5.31. The maximum Gasteiger partial charge on any atom is 0.255 e. The number of amides is 2. The van der Waals surface area contributed by atoms with Crippen LogP contribution in [0.4, 0.5) is 0 Å². The lowest BCUT2D eigenvalue weighted by atomic mass is 9.84. The van der Waals surface area contributed by atoms with E-state index in [2.05, 4.69) is 6.92 Å². The first-order chi connectivity index (χ1) is 11.1. The number of rotatable bonds is 3. The summed E-state index contributed by atoms with van der Waals surface area (Å²) in [4.78, 5) is 30.0. The molecule has 1 atom stereocenters. The number of carbonyl (C=O) groups is 2. The highest BCUT2D eigenvalue weighted by atomic mass is 16.2. The van der Waals surface area contributed by atoms with Crippen molar-refractivity contribution < 1.29 is 9.59 Å². The summed E-state index contributed by atoms with van der Waals surface area (Å²) in [7, 11) is 0. The molecule has 23 heavy (non-hydrogen) atoms. The molecule has 0 aromatic heterocycles. The highest BCUT2D eigenvalue weighted by Crippen LogP contribution is 2.39. The summed E-state index contributed by atoms with van der Waals surface area (Å²) < 4.78 is 0. The minimum atomic E-state index is -0.590. The molecule has 2 aliphatic heterocycles. The first-order valence-electron chi connectivity index (χ1n) is 8.77. The van der Waals surface area contributed by atoms with Gasteiger partial charge in [-0.05, 0) is 50.7 Å². The molecule has 1 spiro atoms. The number of nitrogens with zero attached hydrogens (tertiary/aromatic N) is 2. The van der Waals surface area contributed by atoms with Crippen LogP contribution in [0, 0.1) is 6.92 Å². The van der Waals surface area contributed by atoms with Crippen molar-refractivity contribution in [2.24, 2.45) is 0 Å². The van der Waals surface area contributed by atoms with Crippen LogP contribution in [-0.4, -0.2) is 46.8 Å². The van der Waals surface area contributed by atoms with Gasteiger partial charge in [0.25, 0.3) is 5.91 Å². The molecule has 3 rings (SSSR count). The Kier molecular flexibility index (Phi) is 4.42. The fraction of sp³-hybridized carbons (Fsp3) is 0.579. The molecule has 0 aliphatic carbocycles. The quantitative estimate of drug-likeness (QED) is 0.860. The molecule has 124 valence electrons. The van der Waals surface area contributed by atoms with Crippen LogP contribution in [0.5, 0.6) is 0 Å². The van der Waals surface area contributed by atoms with Gasteiger partial charge in [-0.15, -0.1) is 0 Å². The molecule has 0 N–H and O–H groups in total. The first kappa shape index (κ1) is 16.0. The summed E-state index contributed by atoms with van der Waals surface area (Å²) in [6.45, 7) is 6.38. The molecular formula is C19H26N2O2. The molecule has 4 heteroatoms. The zero-order valence-corrected chi connectivity index (χ0v) is 14.2. The number of hydrogen-bond donors (Lipinski definition) is 0. The molecule has 4 nitrogen and oxygen atoms in total. The van der Waals surface area contributed by atoms with Gasteiger partial charge < -0.3 is 9.80 Å². The Hall–Kier alpha value is -1.84. The highest BCUT2D eigenvalue weighted by molar-refractivity contribution is 6.00. The smallest absolute Gasteiger partial charge is 0.255 e. The number of aryl methyl sites for hydroxylation is 1. The van der Waals surface area contributed by atoms with Gasteiger partial charge in [-0.3, -0.25) is 9.59 Å². The van der Waals surface area contributed by atoms with Crippen molar-refractivity contribution in [2.45, 2.75) is 51.5 Å². The standard InChI is InChI=1S/C19H26N2O2/c1-3-12-20-13-6-10-19(18(20)23)11-7-14-21(19)17(22)16-9-5-4-8-15(16)2/h4-5,8-9H,3,6-7,10-14H2,1-2H3. The van der Waals surface area contributed by atoms with E-state index in [0.29, 0.717) is 6.54 Å². The van der Waals surface area contributed by atoms with Crippen LogP contribution >= 0.6 is 0 Å². The Morgan fingerprint density at radius 2 is 1.87 bits per heavy atom. The Balaban J connectivity index is 1.91. The van der Waals surface area contributed by atoms with Crippen molar-refractivity contribution >= 4 is 11.8 Å². The molecule has 2 heterocycles. The van der Waals surface area contributed by atoms with Crippen molar-refractivity contribution in [3.05, 3.63) is 35.4 Å². The SMILES string of the molecule is CCCN1CCCC2(CCCN2C(=O)c2ccccc2C)C1=O. The van der Waals surface area contributed by atoms with Crippen molar-refractivity contribution in [2.75, 3.05) is 19.6 Å². The molecule has 2 amide bonds. The number of hydrogen-bond acceptors (Lipinski definition) is 2. The molecule has 2 fully saturated rings. The lowest BCUT2D eigenvalue weighted by Gasteiger charge is -2.44. The van der Waals surface area contributed by atoms with Gasteiger partial charge in [0.2, 0.25) is 5.91 Å². The topological polar surface area (TPSA) is 40.6 Å². The molecule has 2 saturated heterocycles. The summed E-state index contributed by atoms with van der Waals surface area (Å²) in [5.41, 5.74) is 1.12. The lowest BCUT2D eigenvalue weighted by molar-refractivity contribution is -0.145. The van der Waals surface area contributed by atoms with Crippen LogP contribution in [-0.2, 0) is 4.79 Å². The van der Waals surface area contributed by atoms with Crippen molar-refractivity contribution in [3.8, 4) is 0 Å². The summed E-state index contributed by atoms with van der Waals surface area (Å²) in [6, 6.07) is 7.68. The van der Waals surface area contributed by atoms with Gasteiger partial charge in [-0.25, -0.2) is 0 Å². The average molecular weight is 314 g/mol. The van der Waals surface area contributed by atoms with Crippen LogP contribution in [0.1, 0.15) is 54.9 Å². The van der Waals surface area contributed by atoms with Crippen LogP contribution in [0.2, 0.25) is 0 Å². The van der Waals surface area contributed by atoms with Crippen LogP contribution < -0.4 is 0 Å².